The second-order valence-corrected chi connectivity index (χ2v) is 8.77. The Morgan fingerprint density at radius 3 is 2.07 bits per heavy atom. The van der Waals surface area contributed by atoms with E-state index in [2.05, 4.69) is 26.6 Å². The van der Waals surface area contributed by atoms with Gasteiger partial charge in [0.05, 0.1) is 11.9 Å². The summed E-state index contributed by atoms with van der Waals surface area (Å²) >= 11 is 3.37. The van der Waals surface area contributed by atoms with Gasteiger partial charge in [0.2, 0.25) is 21.8 Å². The first-order valence-corrected chi connectivity index (χ1v) is 10.6. The van der Waals surface area contributed by atoms with Crippen LogP contribution in [0.5, 0.6) is 0 Å². The fourth-order valence-corrected chi connectivity index (χ4v) is 3.45. The fraction of sp³-hybridized carbons (Fsp3) is 0.222. The van der Waals surface area contributed by atoms with E-state index in [-0.39, 0.29) is 12.5 Å². The van der Waals surface area contributed by atoms with Crippen LogP contribution in [0.25, 0.3) is 0 Å². The highest BCUT2D eigenvalue weighted by molar-refractivity contribution is 9.10. The van der Waals surface area contributed by atoms with Gasteiger partial charge in [-0.25, -0.2) is 8.42 Å². The van der Waals surface area contributed by atoms with Crippen molar-refractivity contribution >= 4 is 54.8 Å². The van der Waals surface area contributed by atoms with Crippen LogP contribution in [0.2, 0.25) is 0 Å². The van der Waals surface area contributed by atoms with Gasteiger partial charge in [-0.3, -0.25) is 13.9 Å². The molecule has 2 aromatic rings. The van der Waals surface area contributed by atoms with Crippen molar-refractivity contribution in [3.05, 3.63) is 52.5 Å². The molecule has 0 aromatic heterocycles. The summed E-state index contributed by atoms with van der Waals surface area (Å²) in [5, 5.41) is 5.28. The number of hydrogen-bond acceptors (Lipinski definition) is 4. The zero-order valence-corrected chi connectivity index (χ0v) is 17.5. The highest BCUT2D eigenvalue weighted by atomic mass is 79.9. The van der Waals surface area contributed by atoms with Gasteiger partial charge in [-0.05, 0) is 55.0 Å². The third-order valence-electron chi connectivity index (χ3n) is 3.61. The molecular formula is C18H20BrN3O4S. The van der Waals surface area contributed by atoms with Crippen LogP contribution in [0.1, 0.15) is 12.5 Å². The van der Waals surface area contributed by atoms with E-state index in [1.165, 1.54) is 6.92 Å². The third-order valence-corrected chi connectivity index (χ3v) is 5.64. The zero-order valence-electron chi connectivity index (χ0n) is 15.1. The molecule has 2 amide bonds. The maximum atomic E-state index is 12.4. The maximum absolute atomic E-state index is 12.4. The number of nitrogens with one attached hydrogen (secondary N) is 2. The molecule has 0 heterocycles. The molecule has 0 aliphatic rings. The molecule has 0 unspecified atom stereocenters. The number of aryl methyl sites for hydroxylation is 1. The molecule has 0 aliphatic heterocycles. The first-order valence-electron chi connectivity index (χ1n) is 7.97. The van der Waals surface area contributed by atoms with E-state index in [1.54, 1.807) is 42.5 Å². The monoisotopic (exact) mass is 453 g/mol. The van der Waals surface area contributed by atoms with Gasteiger partial charge in [-0.2, -0.15) is 0 Å². The van der Waals surface area contributed by atoms with E-state index in [1.807, 2.05) is 6.92 Å². The van der Waals surface area contributed by atoms with Gasteiger partial charge < -0.3 is 10.6 Å². The van der Waals surface area contributed by atoms with Gasteiger partial charge in [0.1, 0.15) is 6.54 Å². The Morgan fingerprint density at radius 2 is 1.59 bits per heavy atom. The third kappa shape index (κ3) is 6.07. The molecule has 0 atom stereocenters. The Labute approximate surface area is 166 Å². The van der Waals surface area contributed by atoms with Crippen molar-refractivity contribution in [2.75, 3.05) is 27.7 Å². The topological polar surface area (TPSA) is 95.6 Å². The molecule has 0 saturated heterocycles. The average Bonchev–Trinajstić information content (AvgIpc) is 2.56. The van der Waals surface area contributed by atoms with Crippen molar-refractivity contribution in [1.82, 2.24) is 0 Å². The van der Waals surface area contributed by atoms with E-state index < -0.39 is 15.9 Å². The number of halogens is 1. The Kier molecular flexibility index (Phi) is 6.61. The number of rotatable bonds is 6. The van der Waals surface area contributed by atoms with Crippen molar-refractivity contribution < 1.29 is 18.0 Å². The number of anilines is 3. The molecule has 0 fully saturated rings. The number of benzene rings is 2. The fourth-order valence-electron chi connectivity index (χ4n) is 2.36. The van der Waals surface area contributed by atoms with E-state index in [4.69, 9.17) is 0 Å². The van der Waals surface area contributed by atoms with Gasteiger partial charge in [0.15, 0.2) is 0 Å². The van der Waals surface area contributed by atoms with Gasteiger partial charge >= 0.3 is 0 Å². The summed E-state index contributed by atoms with van der Waals surface area (Å²) in [6.07, 6.45) is 1.06. The summed E-state index contributed by atoms with van der Waals surface area (Å²) in [6.45, 7) is 2.89. The summed E-state index contributed by atoms with van der Waals surface area (Å²) in [4.78, 5) is 23.4. The number of hydrogen-bond donors (Lipinski definition) is 2. The summed E-state index contributed by atoms with van der Waals surface area (Å²) in [5.74, 6) is -0.673. The first-order chi connectivity index (χ1) is 12.6. The van der Waals surface area contributed by atoms with Crippen LogP contribution in [0.3, 0.4) is 0 Å². The molecule has 2 N–H and O–H groups in total. The molecule has 7 nitrogen and oxygen atoms in total. The van der Waals surface area contributed by atoms with Gasteiger partial charge in [-0.15, -0.1) is 0 Å². The number of carbonyl (C=O) groups is 2. The van der Waals surface area contributed by atoms with E-state index in [9.17, 15) is 18.0 Å². The summed E-state index contributed by atoms with van der Waals surface area (Å²) in [5.41, 5.74) is 2.36. The van der Waals surface area contributed by atoms with Crippen LogP contribution in [0, 0.1) is 6.92 Å². The SMILES string of the molecule is CC(=O)Nc1ccc(NC(=O)CN(c2ccc(Br)c(C)c2)S(C)(=O)=O)cc1. The smallest absolute Gasteiger partial charge is 0.245 e. The number of carbonyl (C=O) groups excluding carboxylic acids is 2. The first kappa shape index (κ1) is 20.9. The molecule has 0 bridgehead atoms. The molecule has 0 spiro atoms. The molecule has 2 aromatic carbocycles. The zero-order chi connectivity index (χ0) is 20.2. The minimum atomic E-state index is -3.65. The van der Waals surface area contributed by atoms with Gasteiger partial charge in [0, 0.05) is 22.8 Å². The summed E-state index contributed by atoms with van der Waals surface area (Å²) in [6, 6.07) is 11.6. The molecule has 0 radical (unpaired) electrons. The van der Waals surface area contributed by atoms with E-state index in [0.717, 1.165) is 20.6 Å². The lowest BCUT2D eigenvalue weighted by molar-refractivity contribution is -0.115. The highest BCUT2D eigenvalue weighted by Crippen LogP contribution is 2.24. The van der Waals surface area contributed by atoms with Crippen molar-refractivity contribution in [2.45, 2.75) is 13.8 Å². The highest BCUT2D eigenvalue weighted by Gasteiger charge is 2.21. The van der Waals surface area contributed by atoms with Crippen molar-refractivity contribution in [3.8, 4) is 0 Å². The van der Waals surface area contributed by atoms with Gasteiger partial charge in [0.25, 0.3) is 0 Å². The van der Waals surface area contributed by atoms with Crippen LogP contribution in [0.4, 0.5) is 17.1 Å². The second kappa shape index (κ2) is 8.53. The lowest BCUT2D eigenvalue weighted by Crippen LogP contribution is -2.37. The Morgan fingerprint density at radius 1 is 1.04 bits per heavy atom. The normalized spacial score (nSPS) is 11.0. The summed E-state index contributed by atoms with van der Waals surface area (Å²) in [7, 11) is -3.65. The molecule has 2 rings (SSSR count). The molecule has 144 valence electrons. The maximum Gasteiger partial charge on any atom is 0.245 e. The predicted octanol–water partition coefficient (Wildman–Crippen LogP) is 3.12. The van der Waals surface area contributed by atoms with Crippen molar-refractivity contribution in [1.29, 1.82) is 0 Å². The van der Waals surface area contributed by atoms with E-state index >= 15 is 0 Å². The quantitative estimate of drug-likeness (QED) is 0.701. The number of amides is 2. The van der Waals surface area contributed by atoms with Gasteiger partial charge in [-0.1, -0.05) is 15.9 Å². The lowest BCUT2D eigenvalue weighted by atomic mass is 10.2. The van der Waals surface area contributed by atoms with Crippen molar-refractivity contribution in [3.63, 3.8) is 0 Å². The Hall–Kier alpha value is -2.39. The number of sulfonamides is 1. The molecular weight excluding hydrogens is 434 g/mol. The Bertz CT molecular complexity index is 959. The van der Waals surface area contributed by atoms with Crippen LogP contribution < -0.4 is 14.9 Å². The molecule has 0 saturated carbocycles. The lowest BCUT2D eigenvalue weighted by Gasteiger charge is -2.22. The minimum Gasteiger partial charge on any atom is -0.326 e. The largest absolute Gasteiger partial charge is 0.326 e. The summed E-state index contributed by atoms with van der Waals surface area (Å²) < 4.78 is 26.2. The van der Waals surface area contributed by atoms with Crippen LogP contribution >= 0.6 is 15.9 Å². The molecule has 27 heavy (non-hydrogen) atoms. The van der Waals surface area contributed by atoms with Crippen LogP contribution in [-0.2, 0) is 19.6 Å². The minimum absolute atomic E-state index is 0.194. The standard InChI is InChI=1S/C18H20BrN3O4S/c1-12-10-16(8-9-17(12)19)22(27(3,25)26)11-18(24)21-15-6-4-14(5-7-15)20-13(2)23/h4-10H,11H2,1-3H3,(H,20,23)(H,21,24). The Balaban J connectivity index is 2.14. The van der Waals surface area contributed by atoms with E-state index in [0.29, 0.717) is 17.1 Å². The van der Waals surface area contributed by atoms with Crippen molar-refractivity contribution in [2.24, 2.45) is 0 Å². The molecule has 0 aliphatic carbocycles. The van der Waals surface area contributed by atoms with Crippen LogP contribution in [-0.4, -0.2) is 33.0 Å². The average molecular weight is 454 g/mol. The predicted molar refractivity (Wildman–Crippen MR) is 110 cm³/mol. The van der Waals surface area contributed by atoms with Crippen LogP contribution in [0.15, 0.2) is 46.9 Å². The molecule has 9 heteroatoms. The second-order valence-electron chi connectivity index (χ2n) is 6.01. The number of nitrogens with zero attached hydrogens (tertiary/aromatic N) is 1.